The number of nitrogens with one attached hydrogen (secondary N) is 2. The lowest BCUT2D eigenvalue weighted by atomic mass is 9.70. The molecule has 1 atom stereocenters. The molecule has 4 nitrogen and oxygen atoms in total. The number of quaternary nitrogens is 1. The Kier molecular flexibility index (Phi) is 6.87. The predicted octanol–water partition coefficient (Wildman–Crippen LogP) is 5.50. The van der Waals surface area contributed by atoms with Crippen molar-refractivity contribution in [1.82, 2.24) is 10.6 Å². The maximum atomic E-state index is 5.06. The number of fused-ring (bicyclic) bond motifs is 2. The van der Waals surface area contributed by atoms with E-state index in [0.29, 0.717) is 11.5 Å². The van der Waals surface area contributed by atoms with Crippen LogP contribution >= 0.6 is 11.8 Å². The van der Waals surface area contributed by atoms with E-state index in [9.17, 15) is 0 Å². The van der Waals surface area contributed by atoms with Gasteiger partial charge in [-0.1, -0.05) is 24.8 Å². The summed E-state index contributed by atoms with van der Waals surface area (Å²) in [4.78, 5) is 6.55. The molecule has 5 aliphatic rings. The molecule has 4 aliphatic heterocycles. The van der Waals surface area contributed by atoms with E-state index < -0.39 is 0 Å². The quantitative estimate of drug-likeness (QED) is 0.425. The van der Waals surface area contributed by atoms with Gasteiger partial charge in [-0.05, 0) is 92.7 Å². The number of allylic oxidation sites excluding steroid dienone is 1. The molecule has 2 bridgehead atoms. The number of aliphatic imine (C=N–C) groups is 1. The number of piperidine rings is 1. The summed E-state index contributed by atoms with van der Waals surface area (Å²) in [6.45, 7) is 7.49. The van der Waals surface area contributed by atoms with Gasteiger partial charge in [0.05, 0.1) is 43.0 Å². The van der Waals surface area contributed by atoms with Gasteiger partial charge in [-0.25, -0.2) is 4.99 Å². The average Bonchev–Trinajstić information content (AvgIpc) is 2.97. The highest BCUT2D eigenvalue weighted by Gasteiger charge is 2.40. The Morgan fingerprint density at radius 1 is 1.19 bits per heavy atom. The van der Waals surface area contributed by atoms with Crippen LogP contribution in [0.25, 0.3) is 0 Å². The van der Waals surface area contributed by atoms with Gasteiger partial charge in [0, 0.05) is 19.2 Å². The third kappa shape index (κ3) is 5.20. The zero-order valence-electron chi connectivity index (χ0n) is 20.3. The van der Waals surface area contributed by atoms with E-state index in [0.717, 1.165) is 38.4 Å². The molecule has 0 aromatic rings. The van der Waals surface area contributed by atoms with Gasteiger partial charge in [0.1, 0.15) is 0 Å². The van der Waals surface area contributed by atoms with Gasteiger partial charge in [-0.15, -0.1) is 0 Å². The van der Waals surface area contributed by atoms with E-state index in [1.807, 2.05) is 11.8 Å². The molecule has 5 rings (SSSR count). The topological polar surface area (TPSA) is 36.4 Å². The normalized spacial score (nSPS) is 34.9. The maximum absolute atomic E-state index is 5.06. The highest BCUT2D eigenvalue weighted by atomic mass is 32.2. The second-order valence-electron chi connectivity index (χ2n) is 11.5. The molecule has 0 spiro atoms. The van der Waals surface area contributed by atoms with E-state index in [1.165, 1.54) is 90.2 Å². The molecule has 2 N–H and O–H groups in total. The summed E-state index contributed by atoms with van der Waals surface area (Å²) in [6, 6.07) is 1.26. The van der Waals surface area contributed by atoms with Crippen molar-refractivity contribution in [2.75, 3.05) is 33.2 Å². The smallest absolute Gasteiger partial charge is 0.0888 e. The predicted molar refractivity (Wildman–Crippen MR) is 138 cm³/mol. The van der Waals surface area contributed by atoms with Crippen molar-refractivity contribution in [2.45, 2.75) is 89.6 Å². The van der Waals surface area contributed by atoms with Crippen molar-refractivity contribution >= 4 is 16.8 Å². The number of rotatable bonds is 5. The van der Waals surface area contributed by atoms with Crippen molar-refractivity contribution in [2.24, 2.45) is 10.4 Å². The van der Waals surface area contributed by atoms with Crippen LogP contribution in [0.3, 0.4) is 0 Å². The van der Waals surface area contributed by atoms with Crippen molar-refractivity contribution < 1.29 is 4.48 Å². The summed E-state index contributed by atoms with van der Waals surface area (Å²) in [6.07, 6.45) is 21.6. The molecule has 1 saturated heterocycles. The maximum Gasteiger partial charge on any atom is 0.0888 e. The fourth-order valence-corrected chi connectivity index (χ4v) is 7.70. The molecule has 0 radical (unpaired) electrons. The first-order chi connectivity index (χ1) is 15.5. The monoisotopic (exact) mass is 455 g/mol. The van der Waals surface area contributed by atoms with Crippen LogP contribution in [0, 0.1) is 5.41 Å². The number of hydrogen-bond acceptors (Lipinski definition) is 4. The minimum absolute atomic E-state index is 0.346. The minimum Gasteiger partial charge on any atom is -0.379 e. The lowest BCUT2D eigenvalue weighted by Crippen LogP contribution is -2.56. The van der Waals surface area contributed by atoms with Crippen LogP contribution in [0.1, 0.15) is 77.6 Å². The highest BCUT2D eigenvalue weighted by Crippen LogP contribution is 2.44. The summed E-state index contributed by atoms with van der Waals surface area (Å²) in [5.74, 6) is 0. The Hall–Kier alpha value is -1.04. The lowest BCUT2D eigenvalue weighted by Gasteiger charge is -2.49. The molecule has 0 aromatic heterocycles. The standard InChI is InChI=1S/C27H43N4S/c1-27(11-6-23(7-12-27)31(2)16-4-3-5-17-31)13-8-26-30-22-18-24(32-26)19-25(29-20-22)21-9-14-28-15-10-21/h9,19-20,23,25,28-29H,3-8,10-18H2,1-2H3/q+1. The van der Waals surface area contributed by atoms with Crippen LogP contribution in [0.5, 0.6) is 0 Å². The summed E-state index contributed by atoms with van der Waals surface area (Å²) in [7, 11) is 2.55. The first kappa shape index (κ1) is 22.7. The summed E-state index contributed by atoms with van der Waals surface area (Å²) in [5, 5.41) is 8.41. The van der Waals surface area contributed by atoms with Crippen molar-refractivity contribution in [3.8, 4) is 0 Å². The third-order valence-electron chi connectivity index (χ3n) is 8.98. The van der Waals surface area contributed by atoms with Crippen LogP contribution in [-0.4, -0.2) is 54.8 Å². The van der Waals surface area contributed by atoms with E-state index in [1.54, 1.807) is 0 Å². The summed E-state index contributed by atoms with van der Waals surface area (Å²) < 4.78 is 1.36. The molecule has 0 aromatic carbocycles. The van der Waals surface area contributed by atoms with Gasteiger partial charge in [-0.2, -0.15) is 0 Å². The highest BCUT2D eigenvalue weighted by molar-refractivity contribution is 8.17. The Bertz CT molecular complexity index is 810. The van der Waals surface area contributed by atoms with E-state index >= 15 is 0 Å². The number of hydrogen-bond donors (Lipinski definition) is 2. The molecule has 5 heteroatoms. The first-order valence-electron chi connectivity index (χ1n) is 13.2. The largest absolute Gasteiger partial charge is 0.379 e. The molecular weight excluding hydrogens is 412 g/mol. The molecule has 176 valence electrons. The van der Waals surface area contributed by atoms with Crippen LogP contribution in [0.4, 0.5) is 0 Å². The molecular formula is C27H43N4S+. The third-order valence-corrected chi connectivity index (χ3v) is 10.1. The minimum atomic E-state index is 0.346. The Balaban J connectivity index is 1.16. The van der Waals surface area contributed by atoms with Gasteiger partial charge >= 0.3 is 0 Å². The summed E-state index contributed by atoms with van der Waals surface area (Å²) >= 11 is 1.96. The second-order valence-corrected chi connectivity index (χ2v) is 12.7. The van der Waals surface area contributed by atoms with Crippen LogP contribution in [-0.2, 0) is 0 Å². The van der Waals surface area contributed by atoms with Gasteiger partial charge in [0.25, 0.3) is 0 Å². The summed E-state index contributed by atoms with van der Waals surface area (Å²) in [5.41, 5.74) is 3.25. The van der Waals surface area contributed by atoms with Crippen LogP contribution < -0.4 is 10.6 Å². The van der Waals surface area contributed by atoms with E-state index in [2.05, 4.69) is 43.0 Å². The van der Waals surface area contributed by atoms with Crippen molar-refractivity contribution in [3.05, 3.63) is 34.5 Å². The van der Waals surface area contributed by atoms with Gasteiger partial charge in [0.2, 0.25) is 0 Å². The molecule has 1 saturated carbocycles. The molecule has 4 heterocycles. The average molecular weight is 456 g/mol. The lowest BCUT2D eigenvalue weighted by molar-refractivity contribution is -0.939. The molecule has 32 heavy (non-hydrogen) atoms. The van der Waals surface area contributed by atoms with E-state index in [4.69, 9.17) is 4.99 Å². The fraction of sp³-hybridized carbons (Fsp3) is 0.741. The Labute approximate surface area is 199 Å². The molecule has 2 fully saturated rings. The first-order valence-corrected chi connectivity index (χ1v) is 14.0. The second kappa shape index (κ2) is 9.68. The molecule has 1 aliphatic carbocycles. The molecule has 1 unspecified atom stereocenters. The zero-order valence-corrected chi connectivity index (χ0v) is 21.1. The SMILES string of the molecule is CC1(CCC2=NC3=CNC(C4=CCNCC4)C=C(C3)S2)CCC([N+]2(C)CCCCC2)CC1. The van der Waals surface area contributed by atoms with Gasteiger partial charge in [0.15, 0.2) is 0 Å². The molecule has 0 amide bonds. The Morgan fingerprint density at radius 3 is 2.75 bits per heavy atom. The van der Waals surface area contributed by atoms with Crippen molar-refractivity contribution in [3.63, 3.8) is 0 Å². The number of nitrogens with zero attached hydrogens (tertiary/aromatic N) is 2. The fourth-order valence-electron chi connectivity index (χ4n) is 6.61. The van der Waals surface area contributed by atoms with Crippen molar-refractivity contribution in [1.29, 1.82) is 0 Å². The van der Waals surface area contributed by atoms with Gasteiger partial charge in [-0.3, -0.25) is 0 Å². The van der Waals surface area contributed by atoms with Crippen LogP contribution in [0.15, 0.2) is 39.5 Å². The number of thioether (sulfide) groups is 1. The van der Waals surface area contributed by atoms with Crippen LogP contribution in [0.2, 0.25) is 0 Å². The number of likely N-dealkylation sites (tertiary alicyclic amines) is 1. The Morgan fingerprint density at radius 2 is 2.00 bits per heavy atom. The zero-order chi connectivity index (χ0) is 22.0. The van der Waals surface area contributed by atoms with Gasteiger partial charge < -0.3 is 15.1 Å². The van der Waals surface area contributed by atoms with E-state index in [-0.39, 0.29) is 0 Å².